The minimum Gasteiger partial charge on any atom is -0.497 e. The van der Waals surface area contributed by atoms with Crippen molar-refractivity contribution in [3.05, 3.63) is 94.4 Å². The highest BCUT2D eigenvalue weighted by Gasteiger charge is 2.23. The van der Waals surface area contributed by atoms with Crippen LogP contribution in [0.25, 0.3) is 0 Å². The Morgan fingerprint density at radius 1 is 1.19 bits per heavy atom. The molecule has 0 saturated carbocycles. The Kier molecular flexibility index (Phi) is 6.56. The molecule has 6 nitrogen and oxygen atoms in total. The molecule has 0 aliphatic carbocycles. The molecule has 0 aliphatic heterocycles. The maximum absolute atomic E-state index is 12.7. The van der Waals surface area contributed by atoms with Crippen LogP contribution in [0.4, 0.5) is 10.8 Å². The maximum Gasteiger partial charge on any atom is 0.291 e. The van der Waals surface area contributed by atoms with E-state index in [4.69, 9.17) is 9.15 Å². The number of hydrogen-bond donors (Lipinski definition) is 2. The monoisotopic (exact) mass is 447 g/mol. The molecular weight excluding hydrogens is 422 g/mol. The molecule has 0 saturated heterocycles. The Bertz CT molecular complexity index is 1180. The van der Waals surface area contributed by atoms with Gasteiger partial charge in [0.1, 0.15) is 16.6 Å². The number of carbonyl (C=O) groups excluding carboxylic acids is 1. The average Bonchev–Trinajstić information content (AvgIpc) is 3.48. The summed E-state index contributed by atoms with van der Waals surface area (Å²) in [6, 6.07) is 17.1. The van der Waals surface area contributed by atoms with E-state index >= 15 is 0 Å². The Morgan fingerprint density at radius 2 is 2.00 bits per heavy atom. The fourth-order valence-corrected chi connectivity index (χ4v) is 4.45. The highest BCUT2D eigenvalue weighted by Crippen LogP contribution is 2.38. The molecule has 7 heteroatoms. The first-order chi connectivity index (χ1) is 15.6. The molecule has 3 heterocycles. The summed E-state index contributed by atoms with van der Waals surface area (Å²) < 4.78 is 10.6. The molecule has 0 bridgehead atoms. The van der Waals surface area contributed by atoms with Gasteiger partial charge in [0.15, 0.2) is 5.76 Å². The molecule has 0 aliphatic rings. The van der Waals surface area contributed by atoms with E-state index < -0.39 is 0 Å². The van der Waals surface area contributed by atoms with Crippen molar-refractivity contribution in [2.75, 3.05) is 17.7 Å². The van der Waals surface area contributed by atoms with E-state index in [1.807, 2.05) is 43.3 Å². The first kappa shape index (κ1) is 21.6. The second kappa shape index (κ2) is 9.70. The summed E-state index contributed by atoms with van der Waals surface area (Å²) in [6.45, 7) is 4.13. The van der Waals surface area contributed by atoms with Crippen LogP contribution in [-0.2, 0) is 6.42 Å². The van der Waals surface area contributed by atoms with E-state index in [9.17, 15) is 4.79 Å². The summed E-state index contributed by atoms with van der Waals surface area (Å²) in [4.78, 5) is 18.4. The molecule has 1 atom stereocenters. The predicted octanol–water partition coefficient (Wildman–Crippen LogP) is 6.07. The molecule has 4 rings (SSSR count). The number of nitrogens with zero attached hydrogens (tertiary/aromatic N) is 1. The van der Waals surface area contributed by atoms with Gasteiger partial charge in [0.2, 0.25) is 0 Å². The van der Waals surface area contributed by atoms with Crippen LogP contribution in [0.1, 0.15) is 45.1 Å². The van der Waals surface area contributed by atoms with Gasteiger partial charge in [0.05, 0.1) is 19.4 Å². The first-order valence-electron chi connectivity index (χ1n) is 10.4. The zero-order valence-electron chi connectivity index (χ0n) is 18.2. The third-order valence-electron chi connectivity index (χ3n) is 5.10. The van der Waals surface area contributed by atoms with Crippen LogP contribution in [0.3, 0.4) is 0 Å². The van der Waals surface area contributed by atoms with Crippen molar-refractivity contribution in [2.24, 2.45) is 0 Å². The van der Waals surface area contributed by atoms with Gasteiger partial charge in [0, 0.05) is 16.6 Å². The average molecular weight is 448 g/mol. The lowest BCUT2D eigenvalue weighted by atomic mass is 9.99. The van der Waals surface area contributed by atoms with Crippen molar-refractivity contribution in [2.45, 2.75) is 26.3 Å². The van der Waals surface area contributed by atoms with Crippen LogP contribution in [0.5, 0.6) is 5.75 Å². The topological polar surface area (TPSA) is 76.4 Å². The van der Waals surface area contributed by atoms with Crippen molar-refractivity contribution in [3.63, 3.8) is 0 Å². The summed E-state index contributed by atoms with van der Waals surface area (Å²) in [5.74, 6) is 1.55. The van der Waals surface area contributed by atoms with Gasteiger partial charge < -0.3 is 19.8 Å². The minimum absolute atomic E-state index is 0.223. The van der Waals surface area contributed by atoms with Crippen molar-refractivity contribution in [1.82, 2.24) is 4.98 Å². The molecule has 1 amide bonds. The molecule has 164 valence electrons. The normalized spacial score (nSPS) is 11.7. The highest BCUT2D eigenvalue weighted by atomic mass is 32.1. The van der Waals surface area contributed by atoms with Gasteiger partial charge in [-0.2, -0.15) is 0 Å². The third-order valence-corrected chi connectivity index (χ3v) is 6.31. The van der Waals surface area contributed by atoms with E-state index in [1.54, 1.807) is 36.8 Å². The number of nitrogens with one attached hydrogen (secondary N) is 2. The lowest BCUT2D eigenvalue weighted by molar-refractivity contribution is 0.0997. The van der Waals surface area contributed by atoms with Crippen molar-refractivity contribution < 1.29 is 13.9 Å². The van der Waals surface area contributed by atoms with Gasteiger partial charge in [-0.05, 0) is 66.9 Å². The molecule has 0 spiro atoms. The molecule has 0 radical (unpaired) electrons. The number of aromatic nitrogens is 1. The number of pyridine rings is 1. The van der Waals surface area contributed by atoms with Gasteiger partial charge in [-0.15, -0.1) is 11.3 Å². The van der Waals surface area contributed by atoms with Crippen LogP contribution in [0, 0.1) is 6.92 Å². The molecule has 0 fully saturated rings. The fourth-order valence-electron chi connectivity index (χ4n) is 3.42. The molecular formula is C25H25N3O3S. The van der Waals surface area contributed by atoms with E-state index in [2.05, 4.69) is 28.6 Å². The van der Waals surface area contributed by atoms with E-state index in [1.165, 1.54) is 11.1 Å². The Balaban J connectivity index is 1.75. The van der Waals surface area contributed by atoms with Gasteiger partial charge in [-0.25, -0.2) is 4.98 Å². The minimum atomic E-state index is -0.275. The van der Waals surface area contributed by atoms with Gasteiger partial charge in [-0.1, -0.05) is 19.1 Å². The number of furan rings is 1. The molecule has 1 aromatic carbocycles. The standard InChI is InChI=1S/C25H25N3O3S/c1-4-19-15-20(25(32-19)28-24(29)21-6-5-13-31-21)23(17-7-9-18(30-3)10-8-17)27-22-14-16(2)11-12-26-22/h5-15,23H,4H2,1-3H3,(H,26,27)(H,28,29). The highest BCUT2D eigenvalue weighted by molar-refractivity contribution is 7.16. The maximum atomic E-state index is 12.7. The lowest BCUT2D eigenvalue weighted by Gasteiger charge is -2.21. The number of rotatable bonds is 8. The second-order valence-electron chi connectivity index (χ2n) is 7.35. The lowest BCUT2D eigenvalue weighted by Crippen LogP contribution is -2.17. The van der Waals surface area contributed by atoms with E-state index in [0.29, 0.717) is 0 Å². The van der Waals surface area contributed by atoms with Gasteiger partial charge in [0.25, 0.3) is 5.91 Å². The third kappa shape index (κ3) is 4.84. The summed E-state index contributed by atoms with van der Waals surface area (Å²) in [5, 5.41) is 7.38. The van der Waals surface area contributed by atoms with Crippen LogP contribution in [-0.4, -0.2) is 18.0 Å². The molecule has 32 heavy (non-hydrogen) atoms. The SMILES string of the molecule is CCc1cc(C(Nc2cc(C)ccn2)c2ccc(OC)cc2)c(NC(=O)c2ccco2)s1. The molecule has 3 aromatic heterocycles. The molecule has 1 unspecified atom stereocenters. The Labute approximate surface area is 191 Å². The second-order valence-corrected chi connectivity index (χ2v) is 8.49. The van der Waals surface area contributed by atoms with Gasteiger partial charge >= 0.3 is 0 Å². The number of ether oxygens (including phenoxy) is 1. The van der Waals surface area contributed by atoms with Crippen LogP contribution < -0.4 is 15.4 Å². The summed E-state index contributed by atoms with van der Waals surface area (Å²) in [5.41, 5.74) is 3.12. The summed E-state index contributed by atoms with van der Waals surface area (Å²) >= 11 is 1.57. The van der Waals surface area contributed by atoms with Crippen molar-refractivity contribution >= 4 is 28.1 Å². The first-order valence-corrected chi connectivity index (χ1v) is 11.2. The predicted molar refractivity (Wildman–Crippen MR) is 128 cm³/mol. The summed E-state index contributed by atoms with van der Waals surface area (Å²) in [6.07, 6.45) is 4.15. The number of thiophene rings is 1. The molecule has 4 aromatic rings. The zero-order chi connectivity index (χ0) is 22.5. The smallest absolute Gasteiger partial charge is 0.291 e. The molecule has 2 N–H and O–H groups in total. The number of amides is 1. The van der Waals surface area contributed by atoms with Gasteiger partial charge in [-0.3, -0.25) is 4.79 Å². The number of benzene rings is 1. The Hall–Kier alpha value is -3.58. The van der Waals surface area contributed by atoms with Crippen molar-refractivity contribution in [3.8, 4) is 5.75 Å². The number of hydrogen-bond acceptors (Lipinski definition) is 6. The fraction of sp³-hybridized carbons (Fsp3) is 0.200. The van der Waals surface area contributed by atoms with E-state index in [0.717, 1.165) is 39.7 Å². The number of methoxy groups -OCH3 is 1. The largest absolute Gasteiger partial charge is 0.497 e. The summed E-state index contributed by atoms with van der Waals surface area (Å²) in [7, 11) is 1.65. The number of aryl methyl sites for hydroxylation is 2. The van der Waals surface area contributed by atoms with Crippen LogP contribution in [0.2, 0.25) is 0 Å². The quantitative estimate of drug-likeness (QED) is 0.343. The van der Waals surface area contributed by atoms with Crippen LogP contribution in [0.15, 0.2) is 71.5 Å². The van der Waals surface area contributed by atoms with Crippen molar-refractivity contribution in [1.29, 1.82) is 0 Å². The number of anilines is 2. The zero-order valence-corrected chi connectivity index (χ0v) is 19.0. The number of carbonyl (C=O) groups is 1. The van der Waals surface area contributed by atoms with E-state index in [-0.39, 0.29) is 17.7 Å². The van der Waals surface area contributed by atoms with Crippen LogP contribution >= 0.6 is 11.3 Å². The Morgan fingerprint density at radius 3 is 2.66 bits per heavy atom.